The Kier molecular flexibility index (Phi) is 6.42. The first-order chi connectivity index (χ1) is 29.3. The molecule has 272 valence electrons. The molecule has 0 saturated heterocycles. The summed E-state index contributed by atoms with van der Waals surface area (Å²) in [5.41, 5.74) is 12.4. The molecular formula is C53H29N5O. The molecule has 13 rings (SSSR count). The van der Waals surface area contributed by atoms with Crippen LogP contribution in [0.4, 0.5) is 0 Å². The number of fused-ring (bicyclic) bond motifs is 13. The summed E-state index contributed by atoms with van der Waals surface area (Å²) in [5.74, 6) is 0.485. The summed E-state index contributed by atoms with van der Waals surface area (Å²) in [4.78, 5) is 10.4. The van der Waals surface area contributed by atoms with Gasteiger partial charge in [0.2, 0.25) is 0 Å². The average Bonchev–Trinajstić information content (AvgIpc) is 4.05. The van der Waals surface area contributed by atoms with Crippen molar-refractivity contribution in [3.8, 4) is 45.7 Å². The molecule has 0 radical (unpaired) electrons. The Labute approximate surface area is 336 Å². The summed E-state index contributed by atoms with van der Waals surface area (Å²) in [7, 11) is 0. The summed E-state index contributed by atoms with van der Waals surface area (Å²) in [5, 5.41) is 20.0. The van der Waals surface area contributed by atoms with Crippen LogP contribution in [0.15, 0.2) is 180 Å². The van der Waals surface area contributed by atoms with E-state index in [1.807, 2.05) is 72.8 Å². The standard InChI is InChI=1S/C53H29N5O/c54-30-40-48(31-14-3-1-4-15-31)55-53(56-49(40)32-16-5-2-6-17-32)39-27-29-44(47-38-20-9-12-25-45(38)59-52(39)47)57-42-24-11-8-19-37(42)46-43(57)28-26-36-35-22-13-21-34-33-18-7-10-23-41(33)58(50(34)35)51(36)46/h1-29H. The van der Waals surface area contributed by atoms with Crippen molar-refractivity contribution in [1.29, 1.82) is 5.26 Å². The Morgan fingerprint density at radius 3 is 1.78 bits per heavy atom. The molecule has 6 nitrogen and oxygen atoms in total. The molecule has 0 saturated carbocycles. The zero-order valence-corrected chi connectivity index (χ0v) is 31.4. The van der Waals surface area contributed by atoms with Gasteiger partial charge in [0.25, 0.3) is 0 Å². The molecule has 13 aromatic rings. The molecule has 0 aliphatic rings. The third kappa shape index (κ3) is 4.28. The highest BCUT2D eigenvalue weighted by Crippen LogP contribution is 2.47. The van der Waals surface area contributed by atoms with E-state index in [1.165, 1.54) is 48.9 Å². The third-order valence-corrected chi connectivity index (χ3v) is 12.1. The van der Waals surface area contributed by atoms with Crippen LogP contribution in [-0.2, 0) is 0 Å². The van der Waals surface area contributed by atoms with Gasteiger partial charge >= 0.3 is 0 Å². The lowest BCUT2D eigenvalue weighted by atomic mass is 9.99. The van der Waals surface area contributed by atoms with Crippen molar-refractivity contribution < 1.29 is 4.42 Å². The summed E-state index contributed by atoms with van der Waals surface area (Å²) < 4.78 is 11.8. The van der Waals surface area contributed by atoms with Crippen molar-refractivity contribution >= 4 is 81.8 Å². The van der Waals surface area contributed by atoms with Crippen LogP contribution in [0.3, 0.4) is 0 Å². The van der Waals surface area contributed by atoms with Crippen LogP contribution in [0.2, 0.25) is 0 Å². The number of aromatic nitrogens is 4. The molecule has 5 heterocycles. The Morgan fingerprint density at radius 1 is 0.458 bits per heavy atom. The van der Waals surface area contributed by atoms with Gasteiger partial charge in [0, 0.05) is 48.8 Å². The maximum atomic E-state index is 10.6. The number of hydrogen-bond acceptors (Lipinski definition) is 4. The lowest BCUT2D eigenvalue weighted by molar-refractivity contribution is 0.669. The molecule has 0 fully saturated rings. The molecule has 0 aliphatic heterocycles. The van der Waals surface area contributed by atoms with Crippen molar-refractivity contribution in [2.45, 2.75) is 0 Å². The summed E-state index contributed by atoms with van der Waals surface area (Å²) >= 11 is 0. The fraction of sp³-hybridized carbons (Fsp3) is 0. The quantitative estimate of drug-likeness (QED) is 0.179. The van der Waals surface area contributed by atoms with Gasteiger partial charge in [-0.3, -0.25) is 0 Å². The fourth-order valence-corrected chi connectivity index (χ4v) is 9.69. The molecule has 0 N–H and O–H groups in total. The van der Waals surface area contributed by atoms with Gasteiger partial charge in [0.15, 0.2) is 5.82 Å². The van der Waals surface area contributed by atoms with Gasteiger partial charge < -0.3 is 13.4 Å². The Balaban J connectivity index is 1.15. The molecule has 0 spiro atoms. The van der Waals surface area contributed by atoms with Gasteiger partial charge in [0.05, 0.1) is 55.6 Å². The number of benzene rings is 8. The van der Waals surface area contributed by atoms with Crippen molar-refractivity contribution in [2.24, 2.45) is 0 Å². The van der Waals surface area contributed by atoms with E-state index in [0.717, 1.165) is 49.8 Å². The zero-order chi connectivity index (χ0) is 38.8. The Hall–Kier alpha value is -8.27. The van der Waals surface area contributed by atoms with Gasteiger partial charge in [-0.15, -0.1) is 0 Å². The highest BCUT2D eigenvalue weighted by molar-refractivity contribution is 6.31. The summed E-state index contributed by atoms with van der Waals surface area (Å²) in [6.07, 6.45) is 0. The maximum Gasteiger partial charge on any atom is 0.164 e. The normalized spacial score (nSPS) is 12.1. The lowest BCUT2D eigenvalue weighted by Crippen LogP contribution is -2.02. The summed E-state index contributed by atoms with van der Waals surface area (Å²) in [6, 6.07) is 63.4. The summed E-state index contributed by atoms with van der Waals surface area (Å²) in [6.45, 7) is 0. The Bertz CT molecular complexity index is 3840. The molecule has 0 unspecified atom stereocenters. The number of nitrogens with zero attached hydrogens (tertiary/aromatic N) is 5. The molecule has 6 heteroatoms. The smallest absolute Gasteiger partial charge is 0.164 e. The number of hydrogen-bond donors (Lipinski definition) is 0. The Morgan fingerprint density at radius 2 is 1.05 bits per heavy atom. The SMILES string of the molecule is N#Cc1c(-c2ccccc2)nc(-c2ccc(-n3c4ccccc4c4c3ccc3c5cccc6c7ccccc7n(c65)c34)c3c2oc2ccccc23)nc1-c1ccccc1. The van der Waals surface area contributed by atoms with Gasteiger partial charge in [-0.05, 0) is 36.4 Å². The van der Waals surface area contributed by atoms with Crippen LogP contribution >= 0.6 is 0 Å². The largest absolute Gasteiger partial charge is 0.455 e. The first-order valence-corrected chi connectivity index (χ1v) is 19.7. The number of rotatable bonds is 4. The number of nitriles is 1. The van der Waals surface area contributed by atoms with Crippen LogP contribution in [-0.4, -0.2) is 18.9 Å². The predicted octanol–water partition coefficient (Wildman–Crippen LogP) is 13.5. The molecule has 8 aromatic carbocycles. The van der Waals surface area contributed by atoms with E-state index in [0.29, 0.717) is 28.4 Å². The van der Waals surface area contributed by atoms with Crippen molar-refractivity contribution in [3.05, 3.63) is 181 Å². The molecule has 0 bridgehead atoms. The van der Waals surface area contributed by atoms with E-state index >= 15 is 0 Å². The first-order valence-electron chi connectivity index (χ1n) is 19.7. The number of furan rings is 1. The molecule has 59 heavy (non-hydrogen) atoms. The molecule has 0 atom stereocenters. The van der Waals surface area contributed by atoms with Crippen molar-refractivity contribution in [1.82, 2.24) is 18.9 Å². The van der Waals surface area contributed by atoms with Crippen LogP contribution in [0.25, 0.3) is 121 Å². The lowest BCUT2D eigenvalue weighted by Gasteiger charge is -2.14. The van der Waals surface area contributed by atoms with E-state index < -0.39 is 0 Å². The molecule has 0 amide bonds. The predicted molar refractivity (Wildman–Crippen MR) is 239 cm³/mol. The van der Waals surface area contributed by atoms with Crippen molar-refractivity contribution in [2.75, 3.05) is 0 Å². The van der Waals surface area contributed by atoms with Crippen molar-refractivity contribution in [3.63, 3.8) is 0 Å². The van der Waals surface area contributed by atoms with Gasteiger partial charge in [-0.25, -0.2) is 9.97 Å². The van der Waals surface area contributed by atoms with Gasteiger partial charge in [-0.2, -0.15) is 5.26 Å². The third-order valence-electron chi connectivity index (χ3n) is 12.1. The van der Waals surface area contributed by atoms with Crippen LogP contribution in [0, 0.1) is 11.3 Å². The molecule has 5 aromatic heterocycles. The van der Waals surface area contributed by atoms with Gasteiger partial charge in [-0.1, -0.05) is 140 Å². The molecule has 0 aliphatic carbocycles. The number of para-hydroxylation sites is 4. The van der Waals surface area contributed by atoms with Gasteiger partial charge in [0.1, 0.15) is 22.8 Å². The van der Waals surface area contributed by atoms with E-state index in [-0.39, 0.29) is 0 Å². The average molecular weight is 752 g/mol. The highest BCUT2D eigenvalue weighted by atomic mass is 16.3. The van der Waals surface area contributed by atoms with E-state index in [2.05, 4.69) is 118 Å². The minimum atomic E-state index is 0.427. The minimum absolute atomic E-state index is 0.427. The fourth-order valence-electron chi connectivity index (χ4n) is 9.69. The second-order valence-electron chi connectivity index (χ2n) is 15.2. The highest BCUT2D eigenvalue weighted by Gasteiger charge is 2.26. The van der Waals surface area contributed by atoms with Crippen LogP contribution in [0.1, 0.15) is 5.56 Å². The van der Waals surface area contributed by atoms with E-state index in [1.54, 1.807) is 0 Å². The second-order valence-corrected chi connectivity index (χ2v) is 15.2. The molecular weight excluding hydrogens is 723 g/mol. The monoisotopic (exact) mass is 751 g/mol. The van der Waals surface area contributed by atoms with E-state index in [4.69, 9.17) is 14.4 Å². The van der Waals surface area contributed by atoms with Crippen LogP contribution in [0.5, 0.6) is 0 Å². The zero-order valence-electron chi connectivity index (χ0n) is 31.4. The minimum Gasteiger partial charge on any atom is -0.455 e. The second kappa shape index (κ2) is 11.9. The van der Waals surface area contributed by atoms with E-state index in [9.17, 15) is 5.26 Å². The first kappa shape index (κ1) is 31.9. The maximum absolute atomic E-state index is 10.6. The van der Waals surface area contributed by atoms with Crippen LogP contribution < -0.4 is 0 Å². The topological polar surface area (TPSA) is 72.0 Å².